The van der Waals surface area contributed by atoms with E-state index in [9.17, 15) is 9.59 Å². The summed E-state index contributed by atoms with van der Waals surface area (Å²) >= 11 is 2.07. The van der Waals surface area contributed by atoms with Gasteiger partial charge in [0.2, 0.25) is 0 Å². The highest BCUT2D eigenvalue weighted by Crippen LogP contribution is 2.07. The first-order valence-corrected chi connectivity index (χ1v) is 4.75. The third kappa shape index (κ3) is 2.09. The van der Waals surface area contributed by atoms with Gasteiger partial charge in [0.15, 0.2) is 0 Å². The normalized spacial score (nSPS) is 9.77. The van der Waals surface area contributed by atoms with Gasteiger partial charge >= 0.3 is 0 Å². The number of hydrogen-bond acceptors (Lipinski definition) is 2. The maximum absolute atomic E-state index is 11.3. The van der Waals surface area contributed by atoms with Gasteiger partial charge < -0.3 is 10.3 Å². The van der Waals surface area contributed by atoms with Gasteiger partial charge in [-0.3, -0.25) is 9.59 Å². The summed E-state index contributed by atoms with van der Waals surface area (Å²) in [5.41, 5.74) is 0.577. The van der Waals surface area contributed by atoms with Crippen LogP contribution in [0.4, 0.5) is 0 Å². The van der Waals surface area contributed by atoms with Crippen LogP contribution < -0.4 is 10.9 Å². The molecule has 1 heterocycles. The first-order valence-electron chi connectivity index (χ1n) is 3.67. The summed E-state index contributed by atoms with van der Waals surface area (Å²) in [4.78, 5) is 25.0. The quantitative estimate of drug-likeness (QED) is 0.746. The maximum atomic E-state index is 11.3. The Morgan fingerprint density at radius 2 is 2.23 bits per heavy atom. The molecule has 0 atom stereocenters. The molecular formula is C8H9IN2O2. The average molecular weight is 292 g/mol. The fourth-order valence-corrected chi connectivity index (χ4v) is 1.35. The fraction of sp³-hybridized carbons (Fsp3) is 0.250. The van der Waals surface area contributed by atoms with Gasteiger partial charge in [0.25, 0.3) is 11.5 Å². The third-order valence-corrected chi connectivity index (χ3v) is 2.77. The first kappa shape index (κ1) is 10.2. The van der Waals surface area contributed by atoms with Gasteiger partial charge in [-0.05, 0) is 35.6 Å². The number of aromatic amines is 1. The summed E-state index contributed by atoms with van der Waals surface area (Å²) in [5.74, 6) is -0.362. The number of amides is 1. The van der Waals surface area contributed by atoms with Crippen molar-refractivity contribution in [3.05, 3.63) is 31.2 Å². The van der Waals surface area contributed by atoms with E-state index in [4.69, 9.17) is 0 Å². The summed E-state index contributed by atoms with van der Waals surface area (Å²) in [7, 11) is 1.49. The Labute approximate surface area is 88.9 Å². The second-order valence-corrected chi connectivity index (χ2v) is 3.73. The highest BCUT2D eigenvalue weighted by atomic mass is 127. The Balaban J connectivity index is 3.32. The summed E-state index contributed by atoms with van der Waals surface area (Å²) < 4.78 is 0.871. The fourth-order valence-electron chi connectivity index (χ4n) is 0.901. The van der Waals surface area contributed by atoms with Gasteiger partial charge in [0.05, 0.1) is 0 Å². The predicted molar refractivity (Wildman–Crippen MR) is 57.9 cm³/mol. The van der Waals surface area contributed by atoms with Crippen molar-refractivity contribution in [2.75, 3.05) is 7.05 Å². The van der Waals surface area contributed by atoms with Gasteiger partial charge in [-0.2, -0.15) is 0 Å². The van der Waals surface area contributed by atoms with Crippen molar-refractivity contribution in [3.8, 4) is 0 Å². The van der Waals surface area contributed by atoms with Crippen LogP contribution >= 0.6 is 22.6 Å². The van der Waals surface area contributed by atoms with Crippen LogP contribution in [0.25, 0.3) is 0 Å². The van der Waals surface area contributed by atoms with Crippen molar-refractivity contribution in [1.29, 1.82) is 0 Å². The molecule has 0 aliphatic carbocycles. The molecule has 1 aromatic rings. The molecule has 1 rings (SSSR count). The van der Waals surface area contributed by atoms with Gasteiger partial charge in [-0.15, -0.1) is 0 Å². The first-order chi connectivity index (χ1) is 6.06. The molecule has 0 saturated carbocycles. The van der Waals surface area contributed by atoms with Gasteiger partial charge in [0, 0.05) is 16.3 Å². The Bertz CT molecular complexity index is 398. The highest BCUT2D eigenvalue weighted by Gasteiger charge is 2.09. The van der Waals surface area contributed by atoms with E-state index in [1.165, 1.54) is 7.05 Å². The number of halogens is 1. The largest absolute Gasteiger partial charge is 0.355 e. The number of rotatable bonds is 1. The van der Waals surface area contributed by atoms with Crippen LogP contribution in [0, 0.1) is 10.5 Å². The second kappa shape index (κ2) is 3.91. The molecule has 0 saturated heterocycles. The van der Waals surface area contributed by atoms with E-state index < -0.39 is 0 Å². The molecule has 13 heavy (non-hydrogen) atoms. The van der Waals surface area contributed by atoms with Crippen LogP contribution in [0.15, 0.2) is 10.9 Å². The van der Waals surface area contributed by atoms with E-state index in [-0.39, 0.29) is 17.0 Å². The molecule has 1 aromatic heterocycles. The van der Waals surface area contributed by atoms with Crippen molar-refractivity contribution in [2.24, 2.45) is 0 Å². The molecule has 5 heteroatoms. The second-order valence-electron chi connectivity index (χ2n) is 2.56. The number of H-pyrrole nitrogens is 1. The molecule has 4 nitrogen and oxygen atoms in total. The molecule has 0 aliphatic rings. The van der Waals surface area contributed by atoms with Crippen molar-refractivity contribution in [3.63, 3.8) is 0 Å². The molecule has 70 valence electrons. The topological polar surface area (TPSA) is 62.0 Å². The Morgan fingerprint density at radius 3 is 2.77 bits per heavy atom. The lowest BCUT2D eigenvalue weighted by Crippen LogP contribution is -2.27. The van der Waals surface area contributed by atoms with Crippen LogP contribution in [0.3, 0.4) is 0 Å². The summed E-state index contributed by atoms with van der Waals surface area (Å²) in [6.07, 6.45) is 0. The van der Waals surface area contributed by atoms with Gasteiger partial charge in [0.1, 0.15) is 5.56 Å². The Kier molecular flexibility index (Phi) is 3.07. The van der Waals surface area contributed by atoms with E-state index in [1.807, 2.05) is 0 Å². The van der Waals surface area contributed by atoms with Crippen molar-refractivity contribution in [1.82, 2.24) is 10.3 Å². The minimum absolute atomic E-state index is 0.150. The number of hydrogen-bond donors (Lipinski definition) is 2. The molecule has 0 spiro atoms. The molecule has 0 unspecified atom stereocenters. The Hall–Kier alpha value is -0.850. The minimum atomic E-state index is -0.362. The maximum Gasteiger partial charge on any atom is 0.261 e. The summed E-state index contributed by atoms with van der Waals surface area (Å²) in [6.45, 7) is 1.79. The molecular weight excluding hydrogens is 283 g/mol. The molecule has 0 bridgehead atoms. The zero-order chi connectivity index (χ0) is 10.0. The molecule has 2 N–H and O–H groups in total. The summed E-state index contributed by atoms with van der Waals surface area (Å²) in [5, 5.41) is 2.41. The van der Waals surface area contributed by atoms with E-state index in [0.29, 0.717) is 0 Å². The van der Waals surface area contributed by atoms with E-state index in [0.717, 1.165) is 9.26 Å². The molecule has 0 radical (unpaired) electrons. The lowest BCUT2D eigenvalue weighted by atomic mass is 10.2. The molecule has 1 amide bonds. The SMILES string of the molecule is CNC(=O)c1cc(I)c(C)[nH]c1=O. The summed E-state index contributed by atoms with van der Waals surface area (Å²) in [6, 6.07) is 1.58. The minimum Gasteiger partial charge on any atom is -0.355 e. The third-order valence-electron chi connectivity index (χ3n) is 1.65. The Morgan fingerprint density at radius 1 is 1.62 bits per heavy atom. The number of carbonyl (C=O) groups is 1. The number of carbonyl (C=O) groups excluding carboxylic acids is 1. The van der Waals surface area contributed by atoms with Crippen LogP contribution in [0.5, 0.6) is 0 Å². The monoisotopic (exact) mass is 292 g/mol. The van der Waals surface area contributed by atoms with Crippen LogP contribution in [0.1, 0.15) is 16.1 Å². The van der Waals surface area contributed by atoms with Crippen molar-refractivity contribution in [2.45, 2.75) is 6.92 Å². The standard InChI is InChI=1S/C8H9IN2O2/c1-4-6(9)3-5(7(12)10-2)8(13)11-4/h3H,1-2H3,(H,10,12)(H,11,13). The van der Waals surface area contributed by atoms with E-state index in [1.54, 1.807) is 13.0 Å². The van der Waals surface area contributed by atoms with E-state index >= 15 is 0 Å². The smallest absolute Gasteiger partial charge is 0.261 e. The van der Waals surface area contributed by atoms with Gasteiger partial charge in [-0.1, -0.05) is 0 Å². The number of aryl methyl sites for hydroxylation is 1. The van der Waals surface area contributed by atoms with Gasteiger partial charge in [-0.25, -0.2) is 0 Å². The zero-order valence-corrected chi connectivity index (χ0v) is 9.43. The average Bonchev–Trinajstić information content (AvgIpc) is 2.10. The molecule has 0 aromatic carbocycles. The van der Waals surface area contributed by atoms with E-state index in [2.05, 4.69) is 32.9 Å². The number of aromatic nitrogens is 1. The molecule has 0 fully saturated rings. The molecule has 0 aliphatic heterocycles. The van der Waals surface area contributed by atoms with Crippen molar-refractivity contribution >= 4 is 28.5 Å². The van der Waals surface area contributed by atoms with Crippen LogP contribution in [-0.4, -0.2) is 17.9 Å². The predicted octanol–water partition coefficient (Wildman–Crippen LogP) is 0.648. The van der Waals surface area contributed by atoms with Crippen molar-refractivity contribution < 1.29 is 4.79 Å². The lowest BCUT2D eigenvalue weighted by Gasteiger charge is -2.01. The van der Waals surface area contributed by atoms with Crippen LogP contribution in [0.2, 0.25) is 0 Å². The number of nitrogens with one attached hydrogen (secondary N) is 2. The lowest BCUT2D eigenvalue weighted by molar-refractivity contribution is 0.0961. The zero-order valence-electron chi connectivity index (χ0n) is 7.27. The number of pyridine rings is 1. The van der Waals surface area contributed by atoms with Crippen LogP contribution in [-0.2, 0) is 0 Å². The highest BCUT2D eigenvalue weighted by molar-refractivity contribution is 14.1.